The predicted octanol–water partition coefficient (Wildman–Crippen LogP) is 4.02. The zero-order valence-electron chi connectivity index (χ0n) is 9.96. The van der Waals surface area contributed by atoms with Crippen molar-refractivity contribution >= 4 is 15.9 Å². The second kappa shape index (κ2) is 7.67. The molecule has 1 unspecified atom stereocenters. The fraction of sp³-hybridized carbons (Fsp3) is 0.538. The average molecular weight is 305 g/mol. The van der Waals surface area contributed by atoms with Crippen LogP contribution in [0.4, 0.5) is 4.39 Å². The van der Waals surface area contributed by atoms with E-state index in [1.165, 1.54) is 0 Å². The van der Waals surface area contributed by atoms with Crippen molar-refractivity contribution in [1.82, 2.24) is 0 Å². The average Bonchev–Trinajstić information content (AvgIpc) is 2.28. The zero-order chi connectivity index (χ0) is 12.7. The maximum Gasteiger partial charge on any atom is 0.126 e. The van der Waals surface area contributed by atoms with Gasteiger partial charge in [0.25, 0.3) is 0 Å². The van der Waals surface area contributed by atoms with Crippen LogP contribution in [0.15, 0.2) is 22.7 Å². The highest BCUT2D eigenvalue weighted by molar-refractivity contribution is 9.10. The summed E-state index contributed by atoms with van der Waals surface area (Å²) in [5.41, 5.74) is 0.777. The standard InChI is InChI=1S/C13H18BrFO2/c1-10(16)12-6-5-11(14)9-13(12)17-8-4-2-3-7-15/h5-6,9-10,16H,2-4,7-8H2,1H3. The van der Waals surface area contributed by atoms with Crippen LogP contribution >= 0.6 is 15.9 Å². The summed E-state index contributed by atoms with van der Waals surface area (Å²) in [4.78, 5) is 0. The largest absolute Gasteiger partial charge is 0.493 e. The summed E-state index contributed by atoms with van der Waals surface area (Å²) in [5.74, 6) is 0.689. The molecule has 1 aromatic rings. The van der Waals surface area contributed by atoms with E-state index >= 15 is 0 Å². The van der Waals surface area contributed by atoms with Crippen LogP contribution in [-0.4, -0.2) is 18.4 Å². The Morgan fingerprint density at radius 3 is 2.76 bits per heavy atom. The van der Waals surface area contributed by atoms with Crippen LogP contribution in [0.25, 0.3) is 0 Å². The van der Waals surface area contributed by atoms with Crippen LogP contribution in [0.3, 0.4) is 0 Å². The Morgan fingerprint density at radius 2 is 2.12 bits per heavy atom. The molecule has 1 N–H and O–H groups in total. The number of alkyl halides is 1. The van der Waals surface area contributed by atoms with Gasteiger partial charge in [-0.1, -0.05) is 22.0 Å². The normalized spacial score (nSPS) is 12.5. The molecule has 0 radical (unpaired) electrons. The summed E-state index contributed by atoms with van der Waals surface area (Å²) in [6.07, 6.45) is 1.69. The van der Waals surface area contributed by atoms with Crippen LogP contribution in [0, 0.1) is 0 Å². The van der Waals surface area contributed by atoms with Gasteiger partial charge in [0.05, 0.1) is 19.4 Å². The lowest BCUT2D eigenvalue weighted by molar-refractivity contribution is 0.190. The van der Waals surface area contributed by atoms with Gasteiger partial charge in [-0.3, -0.25) is 4.39 Å². The molecular formula is C13H18BrFO2. The highest BCUT2D eigenvalue weighted by atomic mass is 79.9. The molecule has 0 aromatic heterocycles. The van der Waals surface area contributed by atoms with Gasteiger partial charge in [-0.2, -0.15) is 0 Å². The van der Waals surface area contributed by atoms with E-state index in [4.69, 9.17) is 4.74 Å². The van der Waals surface area contributed by atoms with E-state index in [-0.39, 0.29) is 6.67 Å². The molecule has 1 rings (SSSR count). The number of ether oxygens (including phenoxy) is 1. The predicted molar refractivity (Wildman–Crippen MR) is 70.1 cm³/mol. The van der Waals surface area contributed by atoms with Crippen molar-refractivity contribution < 1.29 is 14.2 Å². The maximum atomic E-state index is 11.9. The Kier molecular flexibility index (Phi) is 6.52. The molecule has 0 fully saturated rings. The number of halogens is 2. The van der Waals surface area contributed by atoms with E-state index in [0.717, 1.165) is 22.9 Å². The Balaban J connectivity index is 2.53. The maximum absolute atomic E-state index is 11.9. The van der Waals surface area contributed by atoms with Crippen molar-refractivity contribution in [2.45, 2.75) is 32.3 Å². The second-order valence-corrected chi connectivity index (χ2v) is 4.87. The Bertz CT molecular complexity index is 342. The first-order chi connectivity index (χ1) is 8.15. The molecule has 0 spiro atoms. The molecule has 1 aromatic carbocycles. The fourth-order valence-electron chi connectivity index (χ4n) is 1.53. The van der Waals surface area contributed by atoms with Crippen molar-refractivity contribution in [3.8, 4) is 5.75 Å². The number of hydrogen-bond acceptors (Lipinski definition) is 2. The molecule has 0 aliphatic rings. The van der Waals surface area contributed by atoms with Crippen LogP contribution in [0.5, 0.6) is 5.75 Å². The summed E-state index contributed by atoms with van der Waals surface area (Å²) in [7, 11) is 0. The van der Waals surface area contributed by atoms with E-state index in [1.54, 1.807) is 6.92 Å². The Hall–Kier alpha value is -0.610. The van der Waals surface area contributed by atoms with Gasteiger partial charge in [0.15, 0.2) is 0 Å². The van der Waals surface area contributed by atoms with Crippen molar-refractivity contribution in [3.63, 3.8) is 0 Å². The summed E-state index contributed by atoms with van der Waals surface area (Å²) >= 11 is 3.37. The number of aliphatic hydroxyl groups is 1. The van der Waals surface area contributed by atoms with Gasteiger partial charge in [0.1, 0.15) is 5.75 Å². The van der Waals surface area contributed by atoms with Crippen LogP contribution in [0.2, 0.25) is 0 Å². The third-order valence-electron chi connectivity index (χ3n) is 2.46. The number of hydrogen-bond donors (Lipinski definition) is 1. The molecule has 2 nitrogen and oxygen atoms in total. The monoisotopic (exact) mass is 304 g/mol. The first-order valence-corrected chi connectivity index (χ1v) is 6.60. The molecule has 0 saturated carbocycles. The lowest BCUT2D eigenvalue weighted by Crippen LogP contribution is -2.02. The van der Waals surface area contributed by atoms with Crippen molar-refractivity contribution in [2.24, 2.45) is 0 Å². The van der Waals surface area contributed by atoms with E-state index in [0.29, 0.717) is 18.8 Å². The van der Waals surface area contributed by atoms with Gasteiger partial charge in [0, 0.05) is 10.0 Å². The lowest BCUT2D eigenvalue weighted by atomic mass is 10.1. The minimum atomic E-state index is -0.552. The van der Waals surface area contributed by atoms with Crippen LogP contribution in [-0.2, 0) is 0 Å². The molecule has 0 aliphatic heterocycles. The number of benzene rings is 1. The van der Waals surface area contributed by atoms with Crippen LogP contribution < -0.4 is 4.74 Å². The molecule has 96 valence electrons. The van der Waals surface area contributed by atoms with E-state index in [2.05, 4.69) is 15.9 Å². The molecule has 17 heavy (non-hydrogen) atoms. The smallest absolute Gasteiger partial charge is 0.126 e. The summed E-state index contributed by atoms with van der Waals surface area (Å²) < 4.78 is 18.4. The van der Waals surface area contributed by atoms with Crippen molar-refractivity contribution in [2.75, 3.05) is 13.3 Å². The number of rotatable bonds is 7. The Labute approximate surface area is 110 Å². The minimum absolute atomic E-state index is 0.268. The molecule has 1 atom stereocenters. The van der Waals surface area contributed by atoms with Gasteiger partial charge >= 0.3 is 0 Å². The summed E-state index contributed by atoms with van der Waals surface area (Å²) in [5, 5.41) is 9.59. The number of aliphatic hydroxyl groups excluding tert-OH is 1. The quantitative estimate of drug-likeness (QED) is 0.771. The van der Waals surface area contributed by atoms with E-state index in [9.17, 15) is 9.50 Å². The lowest BCUT2D eigenvalue weighted by Gasteiger charge is -2.13. The van der Waals surface area contributed by atoms with Gasteiger partial charge in [-0.05, 0) is 38.3 Å². The van der Waals surface area contributed by atoms with Gasteiger partial charge in [-0.25, -0.2) is 0 Å². The summed E-state index contributed by atoms with van der Waals surface area (Å²) in [6, 6.07) is 5.56. The molecule has 0 bridgehead atoms. The molecule has 0 aliphatic carbocycles. The zero-order valence-corrected chi connectivity index (χ0v) is 11.5. The topological polar surface area (TPSA) is 29.5 Å². The minimum Gasteiger partial charge on any atom is -0.493 e. The van der Waals surface area contributed by atoms with E-state index < -0.39 is 6.10 Å². The van der Waals surface area contributed by atoms with Gasteiger partial charge in [0.2, 0.25) is 0 Å². The molecule has 0 heterocycles. The Morgan fingerprint density at radius 1 is 1.35 bits per heavy atom. The van der Waals surface area contributed by atoms with E-state index in [1.807, 2.05) is 18.2 Å². The van der Waals surface area contributed by atoms with Gasteiger partial charge in [-0.15, -0.1) is 0 Å². The number of unbranched alkanes of at least 4 members (excludes halogenated alkanes) is 2. The SMILES string of the molecule is CC(O)c1ccc(Br)cc1OCCCCCF. The summed E-state index contributed by atoms with van der Waals surface area (Å²) in [6.45, 7) is 1.99. The highest BCUT2D eigenvalue weighted by Gasteiger charge is 2.09. The molecule has 0 saturated heterocycles. The highest BCUT2D eigenvalue weighted by Crippen LogP contribution is 2.28. The van der Waals surface area contributed by atoms with Crippen LogP contribution in [0.1, 0.15) is 37.9 Å². The van der Waals surface area contributed by atoms with Crippen molar-refractivity contribution in [3.05, 3.63) is 28.2 Å². The molecule has 4 heteroatoms. The van der Waals surface area contributed by atoms with Gasteiger partial charge < -0.3 is 9.84 Å². The van der Waals surface area contributed by atoms with Crippen molar-refractivity contribution in [1.29, 1.82) is 0 Å². The fourth-order valence-corrected chi connectivity index (χ4v) is 1.87. The second-order valence-electron chi connectivity index (χ2n) is 3.96. The first kappa shape index (κ1) is 14.5. The molecular weight excluding hydrogens is 287 g/mol. The first-order valence-electron chi connectivity index (χ1n) is 5.81. The third kappa shape index (κ3) is 5.04. The molecule has 0 amide bonds. The third-order valence-corrected chi connectivity index (χ3v) is 2.95.